The molecule has 0 aliphatic heterocycles. The Morgan fingerprint density at radius 3 is 2.40 bits per heavy atom. The maximum atomic E-state index is 12.1. The molecule has 0 N–H and O–H groups in total. The first kappa shape index (κ1) is 16.2. The molecule has 0 radical (unpaired) electrons. The first-order chi connectivity index (χ1) is 9.45. The van der Waals surface area contributed by atoms with Gasteiger partial charge >= 0.3 is 5.97 Å². The SMILES string of the molecule is COC(=O)/C(C)=C/C(Br)=C/N(C)C(=O)c1ccccc1. The second-order valence-corrected chi connectivity index (χ2v) is 5.03. The molecule has 106 valence electrons. The summed E-state index contributed by atoms with van der Waals surface area (Å²) < 4.78 is 5.20. The number of halogens is 1. The number of amides is 1. The maximum Gasteiger partial charge on any atom is 0.333 e. The summed E-state index contributed by atoms with van der Waals surface area (Å²) >= 11 is 3.30. The van der Waals surface area contributed by atoms with Crippen molar-refractivity contribution < 1.29 is 14.3 Å². The average molecular weight is 338 g/mol. The van der Waals surface area contributed by atoms with Crippen LogP contribution < -0.4 is 0 Å². The van der Waals surface area contributed by atoms with Gasteiger partial charge in [-0.15, -0.1) is 0 Å². The van der Waals surface area contributed by atoms with Crippen LogP contribution in [0.15, 0.2) is 52.7 Å². The molecule has 0 aromatic heterocycles. The van der Waals surface area contributed by atoms with E-state index >= 15 is 0 Å². The average Bonchev–Trinajstić information content (AvgIpc) is 2.46. The number of hydrogen-bond acceptors (Lipinski definition) is 3. The zero-order chi connectivity index (χ0) is 15.1. The fourth-order valence-electron chi connectivity index (χ4n) is 1.49. The van der Waals surface area contributed by atoms with Crippen molar-refractivity contribution in [2.24, 2.45) is 0 Å². The normalized spacial score (nSPS) is 12.0. The van der Waals surface area contributed by atoms with Gasteiger partial charge < -0.3 is 9.64 Å². The van der Waals surface area contributed by atoms with Crippen molar-refractivity contribution in [2.45, 2.75) is 6.92 Å². The summed E-state index contributed by atoms with van der Waals surface area (Å²) in [7, 11) is 2.97. The maximum absolute atomic E-state index is 12.1. The van der Waals surface area contributed by atoms with Crippen molar-refractivity contribution in [1.82, 2.24) is 4.90 Å². The van der Waals surface area contributed by atoms with Gasteiger partial charge in [-0.25, -0.2) is 4.79 Å². The number of hydrogen-bond donors (Lipinski definition) is 0. The van der Waals surface area contributed by atoms with Crippen LogP contribution >= 0.6 is 15.9 Å². The van der Waals surface area contributed by atoms with E-state index in [1.54, 1.807) is 50.5 Å². The van der Waals surface area contributed by atoms with Gasteiger partial charge in [-0.1, -0.05) is 18.2 Å². The topological polar surface area (TPSA) is 46.6 Å². The van der Waals surface area contributed by atoms with Crippen LogP contribution in [0.3, 0.4) is 0 Å². The van der Waals surface area contributed by atoms with Gasteiger partial charge in [-0.3, -0.25) is 4.79 Å². The van der Waals surface area contributed by atoms with E-state index in [0.717, 1.165) is 0 Å². The first-order valence-corrected chi connectivity index (χ1v) is 6.71. The lowest BCUT2D eigenvalue weighted by Crippen LogP contribution is -2.21. The van der Waals surface area contributed by atoms with Gasteiger partial charge in [0, 0.05) is 28.9 Å². The largest absolute Gasteiger partial charge is 0.466 e. The fourth-order valence-corrected chi connectivity index (χ4v) is 2.14. The van der Waals surface area contributed by atoms with Gasteiger partial charge in [0.15, 0.2) is 0 Å². The number of methoxy groups -OCH3 is 1. The van der Waals surface area contributed by atoms with E-state index < -0.39 is 5.97 Å². The fraction of sp³-hybridized carbons (Fsp3) is 0.200. The van der Waals surface area contributed by atoms with E-state index in [1.165, 1.54) is 12.0 Å². The van der Waals surface area contributed by atoms with Crippen molar-refractivity contribution in [3.63, 3.8) is 0 Å². The molecule has 0 saturated carbocycles. The van der Waals surface area contributed by atoms with Gasteiger partial charge in [0.1, 0.15) is 0 Å². The molecule has 0 unspecified atom stereocenters. The summed E-state index contributed by atoms with van der Waals surface area (Å²) in [5, 5.41) is 0. The molecular weight excluding hydrogens is 322 g/mol. The summed E-state index contributed by atoms with van der Waals surface area (Å²) in [6.45, 7) is 1.64. The van der Waals surface area contributed by atoms with Crippen LogP contribution in [0.4, 0.5) is 0 Å². The molecule has 1 aromatic carbocycles. The molecule has 4 nitrogen and oxygen atoms in total. The highest BCUT2D eigenvalue weighted by Gasteiger charge is 2.09. The predicted octanol–water partition coefficient (Wildman–Crippen LogP) is 3.11. The molecule has 1 aromatic rings. The van der Waals surface area contributed by atoms with Crippen LogP contribution in [0.2, 0.25) is 0 Å². The molecule has 0 spiro atoms. The number of carbonyl (C=O) groups excluding carboxylic acids is 2. The number of nitrogens with zero attached hydrogens (tertiary/aromatic N) is 1. The molecule has 0 aliphatic carbocycles. The molecule has 0 fully saturated rings. The smallest absolute Gasteiger partial charge is 0.333 e. The number of allylic oxidation sites excluding steroid dienone is 2. The van der Waals surface area contributed by atoms with Gasteiger partial charge in [0.25, 0.3) is 5.91 Å². The lowest BCUT2D eigenvalue weighted by Gasteiger charge is -2.12. The minimum Gasteiger partial charge on any atom is -0.466 e. The zero-order valence-corrected chi connectivity index (χ0v) is 13.2. The first-order valence-electron chi connectivity index (χ1n) is 5.92. The number of ether oxygens (including phenoxy) is 1. The van der Waals surface area contributed by atoms with Gasteiger partial charge in [0.05, 0.1) is 7.11 Å². The quantitative estimate of drug-likeness (QED) is 0.481. The van der Waals surface area contributed by atoms with Crippen molar-refractivity contribution in [2.75, 3.05) is 14.2 Å². The Balaban J connectivity index is 2.83. The number of carbonyl (C=O) groups is 2. The Morgan fingerprint density at radius 1 is 1.25 bits per heavy atom. The summed E-state index contributed by atoms with van der Waals surface area (Å²) in [5.41, 5.74) is 1.04. The van der Waals surface area contributed by atoms with Gasteiger partial charge in [-0.2, -0.15) is 0 Å². The van der Waals surface area contributed by atoms with Crippen LogP contribution in [0.25, 0.3) is 0 Å². The minimum absolute atomic E-state index is 0.133. The molecule has 5 heteroatoms. The van der Waals surface area contributed by atoms with Gasteiger partial charge in [0.2, 0.25) is 0 Å². The van der Waals surface area contributed by atoms with E-state index in [9.17, 15) is 9.59 Å². The predicted molar refractivity (Wildman–Crippen MR) is 81.3 cm³/mol. The Hall–Kier alpha value is -1.88. The number of benzene rings is 1. The van der Waals surface area contributed by atoms with E-state index in [0.29, 0.717) is 15.6 Å². The second kappa shape index (κ2) is 7.65. The summed E-state index contributed by atoms with van der Waals surface area (Å²) in [4.78, 5) is 24.8. The third kappa shape index (κ3) is 4.66. The Kier molecular flexibility index (Phi) is 6.18. The monoisotopic (exact) mass is 337 g/mol. The van der Waals surface area contributed by atoms with Crippen molar-refractivity contribution in [3.05, 3.63) is 58.2 Å². The molecule has 0 heterocycles. The summed E-state index contributed by atoms with van der Waals surface area (Å²) in [5.74, 6) is -0.543. The summed E-state index contributed by atoms with van der Waals surface area (Å²) in [6, 6.07) is 8.96. The lowest BCUT2D eigenvalue weighted by molar-refractivity contribution is -0.136. The van der Waals surface area contributed by atoms with Crippen LogP contribution in [0.1, 0.15) is 17.3 Å². The standard InChI is InChI=1S/C15H16BrNO3/c1-11(15(19)20-3)9-13(16)10-17(2)14(18)12-7-5-4-6-8-12/h4-10H,1-3H3/b11-9+,13-10-. The Labute approximate surface area is 126 Å². The van der Waals surface area contributed by atoms with Gasteiger partial charge in [-0.05, 0) is 41.1 Å². The van der Waals surface area contributed by atoms with E-state index in [-0.39, 0.29) is 5.91 Å². The van der Waals surface area contributed by atoms with Crippen molar-refractivity contribution in [1.29, 1.82) is 0 Å². The molecule has 0 saturated heterocycles. The molecule has 1 amide bonds. The molecule has 0 atom stereocenters. The van der Waals surface area contributed by atoms with E-state index in [1.807, 2.05) is 6.07 Å². The van der Waals surface area contributed by atoms with E-state index in [4.69, 9.17) is 0 Å². The van der Waals surface area contributed by atoms with Crippen molar-refractivity contribution in [3.8, 4) is 0 Å². The molecular formula is C15H16BrNO3. The Bertz CT molecular complexity index is 549. The van der Waals surface area contributed by atoms with Crippen LogP contribution in [-0.2, 0) is 9.53 Å². The van der Waals surface area contributed by atoms with Crippen LogP contribution in [0, 0.1) is 0 Å². The molecule has 0 aliphatic rings. The highest BCUT2D eigenvalue weighted by molar-refractivity contribution is 9.11. The lowest BCUT2D eigenvalue weighted by atomic mass is 10.2. The molecule has 20 heavy (non-hydrogen) atoms. The van der Waals surface area contributed by atoms with Crippen LogP contribution in [-0.4, -0.2) is 30.9 Å². The third-order valence-corrected chi connectivity index (χ3v) is 2.95. The Morgan fingerprint density at radius 2 is 1.85 bits per heavy atom. The number of esters is 1. The minimum atomic E-state index is -0.410. The third-order valence-electron chi connectivity index (χ3n) is 2.52. The van der Waals surface area contributed by atoms with E-state index in [2.05, 4.69) is 20.7 Å². The summed E-state index contributed by atoms with van der Waals surface area (Å²) in [6.07, 6.45) is 3.20. The second-order valence-electron chi connectivity index (χ2n) is 4.11. The molecule has 1 rings (SSSR count). The highest BCUT2D eigenvalue weighted by atomic mass is 79.9. The number of rotatable bonds is 4. The molecule has 0 bridgehead atoms. The van der Waals surface area contributed by atoms with Crippen molar-refractivity contribution >= 4 is 27.8 Å². The van der Waals surface area contributed by atoms with Crippen LogP contribution in [0.5, 0.6) is 0 Å². The highest BCUT2D eigenvalue weighted by Crippen LogP contribution is 2.13. The zero-order valence-electron chi connectivity index (χ0n) is 11.6.